The molecule has 0 bridgehead atoms. The first-order valence-corrected chi connectivity index (χ1v) is 9.26. The molecule has 1 heterocycles. The van der Waals surface area contributed by atoms with Gasteiger partial charge >= 0.3 is 5.97 Å². The smallest absolute Gasteiger partial charge is 0.338 e. The van der Waals surface area contributed by atoms with E-state index in [2.05, 4.69) is 15.0 Å². The number of hydrogen-bond donors (Lipinski definition) is 2. The summed E-state index contributed by atoms with van der Waals surface area (Å²) < 4.78 is 30.8. The Morgan fingerprint density at radius 1 is 1.23 bits per heavy atom. The van der Waals surface area contributed by atoms with E-state index in [1.54, 1.807) is 6.07 Å². The molecular formula is C16H16ClN3O5S. The minimum Gasteiger partial charge on any atom is -0.449 e. The number of esters is 1. The Hall–Kier alpha value is -2.49. The molecule has 2 N–H and O–H groups in total. The number of hydrogen-bond acceptors (Lipinski definition) is 6. The standard InChI is InChI=1S/C16H16ClN3O5S/c1-10(15(21)20-14-7-6-12(17)9-19-14)25-16(22)11-4-3-5-13(8-11)26(23,24)18-2/h3-10,18H,1-2H3,(H,19,20,21)/t10-/m0/s1. The number of halogens is 1. The zero-order valence-electron chi connectivity index (χ0n) is 13.9. The van der Waals surface area contributed by atoms with Crippen molar-refractivity contribution in [1.82, 2.24) is 9.71 Å². The molecule has 1 atom stereocenters. The number of benzene rings is 1. The van der Waals surface area contributed by atoms with Crippen LogP contribution >= 0.6 is 11.6 Å². The van der Waals surface area contributed by atoms with E-state index >= 15 is 0 Å². The highest BCUT2D eigenvalue weighted by molar-refractivity contribution is 7.89. The molecule has 10 heteroatoms. The van der Waals surface area contributed by atoms with Crippen molar-refractivity contribution in [3.63, 3.8) is 0 Å². The maximum absolute atomic E-state index is 12.2. The lowest BCUT2D eigenvalue weighted by molar-refractivity contribution is -0.123. The highest BCUT2D eigenvalue weighted by Gasteiger charge is 2.21. The Bertz CT molecular complexity index is 916. The highest BCUT2D eigenvalue weighted by Crippen LogP contribution is 2.14. The van der Waals surface area contributed by atoms with Crippen molar-refractivity contribution in [1.29, 1.82) is 0 Å². The van der Waals surface area contributed by atoms with E-state index in [0.29, 0.717) is 5.02 Å². The third kappa shape index (κ3) is 5.01. The van der Waals surface area contributed by atoms with Crippen LogP contribution in [0, 0.1) is 0 Å². The van der Waals surface area contributed by atoms with E-state index < -0.39 is 28.0 Å². The molecule has 0 aliphatic carbocycles. The van der Waals surface area contributed by atoms with Crippen molar-refractivity contribution in [2.75, 3.05) is 12.4 Å². The molecule has 138 valence electrons. The summed E-state index contributed by atoms with van der Waals surface area (Å²) in [4.78, 5) is 28.1. The second-order valence-corrected chi connectivity index (χ2v) is 7.46. The first-order chi connectivity index (χ1) is 12.2. The third-order valence-corrected chi connectivity index (χ3v) is 4.92. The van der Waals surface area contributed by atoms with Crippen LogP contribution in [0.15, 0.2) is 47.5 Å². The number of ether oxygens (including phenoxy) is 1. The Balaban J connectivity index is 2.05. The van der Waals surface area contributed by atoms with Crippen LogP contribution in [-0.2, 0) is 19.6 Å². The van der Waals surface area contributed by atoms with E-state index in [4.69, 9.17) is 16.3 Å². The largest absolute Gasteiger partial charge is 0.449 e. The Morgan fingerprint density at radius 3 is 2.58 bits per heavy atom. The van der Waals surface area contributed by atoms with E-state index in [1.165, 1.54) is 50.5 Å². The van der Waals surface area contributed by atoms with Gasteiger partial charge in [-0.1, -0.05) is 17.7 Å². The first-order valence-electron chi connectivity index (χ1n) is 7.40. The van der Waals surface area contributed by atoms with Gasteiger partial charge in [-0.05, 0) is 44.3 Å². The molecule has 1 aromatic carbocycles. The van der Waals surface area contributed by atoms with E-state index in [0.717, 1.165) is 0 Å². The molecule has 8 nitrogen and oxygen atoms in total. The number of nitrogens with one attached hydrogen (secondary N) is 2. The van der Waals surface area contributed by atoms with Gasteiger partial charge in [-0.15, -0.1) is 0 Å². The Labute approximate surface area is 155 Å². The van der Waals surface area contributed by atoms with Gasteiger partial charge in [0, 0.05) is 6.20 Å². The Morgan fingerprint density at radius 2 is 1.96 bits per heavy atom. The van der Waals surface area contributed by atoms with Gasteiger partial charge in [-0.3, -0.25) is 4.79 Å². The molecular weight excluding hydrogens is 382 g/mol. The zero-order valence-corrected chi connectivity index (χ0v) is 15.5. The van der Waals surface area contributed by atoms with Crippen molar-refractivity contribution < 1.29 is 22.7 Å². The van der Waals surface area contributed by atoms with Gasteiger partial charge in [0.05, 0.1) is 15.5 Å². The van der Waals surface area contributed by atoms with Crippen LogP contribution in [0.1, 0.15) is 17.3 Å². The average Bonchev–Trinajstić information content (AvgIpc) is 2.63. The van der Waals surface area contributed by atoms with Crippen molar-refractivity contribution in [3.05, 3.63) is 53.2 Å². The van der Waals surface area contributed by atoms with Crippen LogP contribution in [0.3, 0.4) is 0 Å². The molecule has 0 unspecified atom stereocenters. The number of amides is 1. The number of nitrogens with zero attached hydrogens (tertiary/aromatic N) is 1. The Kier molecular flexibility index (Phi) is 6.30. The summed E-state index contributed by atoms with van der Waals surface area (Å²) in [5.41, 5.74) is 0.00518. The van der Waals surface area contributed by atoms with Crippen molar-refractivity contribution in [3.8, 4) is 0 Å². The van der Waals surface area contributed by atoms with Crippen molar-refractivity contribution in [2.24, 2.45) is 0 Å². The van der Waals surface area contributed by atoms with Crippen LogP contribution in [-0.4, -0.2) is 38.4 Å². The summed E-state index contributed by atoms with van der Waals surface area (Å²) in [7, 11) is -2.44. The fourth-order valence-electron chi connectivity index (χ4n) is 1.87. The second kappa shape index (κ2) is 8.26. The monoisotopic (exact) mass is 397 g/mol. The summed E-state index contributed by atoms with van der Waals surface area (Å²) in [6.45, 7) is 1.39. The summed E-state index contributed by atoms with van der Waals surface area (Å²) in [5, 5.41) is 2.89. The highest BCUT2D eigenvalue weighted by atomic mass is 35.5. The molecule has 1 amide bonds. The van der Waals surface area contributed by atoms with E-state index in [9.17, 15) is 18.0 Å². The van der Waals surface area contributed by atoms with E-state index in [-0.39, 0.29) is 16.3 Å². The first kappa shape index (κ1) is 19.8. The molecule has 0 aliphatic rings. The van der Waals surface area contributed by atoms with Gasteiger partial charge in [0.25, 0.3) is 5.91 Å². The zero-order chi connectivity index (χ0) is 19.3. The molecule has 2 aromatic rings. The quantitative estimate of drug-likeness (QED) is 0.718. The number of pyridine rings is 1. The maximum atomic E-state index is 12.2. The van der Waals surface area contributed by atoms with Crippen LogP contribution in [0.4, 0.5) is 5.82 Å². The fourth-order valence-corrected chi connectivity index (χ4v) is 2.76. The summed E-state index contributed by atoms with van der Waals surface area (Å²) in [6, 6.07) is 8.35. The van der Waals surface area contributed by atoms with Crippen molar-refractivity contribution >= 4 is 39.3 Å². The topological polar surface area (TPSA) is 114 Å². The molecule has 2 rings (SSSR count). The number of sulfonamides is 1. The van der Waals surface area contributed by atoms with Gasteiger partial charge < -0.3 is 10.1 Å². The molecule has 26 heavy (non-hydrogen) atoms. The molecule has 0 saturated heterocycles. The summed E-state index contributed by atoms with van der Waals surface area (Å²) in [6.07, 6.45) is 0.242. The van der Waals surface area contributed by atoms with Gasteiger partial charge in [-0.25, -0.2) is 22.9 Å². The SMILES string of the molecule is CNS(=O)(=O)c1cccc(C(=O)O[C@@H](C)C(=O)Nc2ccc(Cl)cn2)c1. The number of carbonyl (C=O) groups is 2. The molecule has 0 aliphatic heterocycles. The van der Waals surface area contributed by atoms with Crippen LogP contribution < -0.4 is 10.0 Å². The normalized spacial score (nSPS) is 12.3. The third-order valence-electron chi connectivity index (χ3n) is 3.28. The predicted molar refractivity (Wildman–Crippen MR) is 95.4 cm³/mol. The second-order valence-electron chi connectivity index (χ2n) is 5.13. The fraction of sp³-hybridized carbons (Fsp3) is 0.188. The average molecular weight is 398 g/mol. The lowest BCUT2D eigenvalue weighted by Crippen LogP contribution is -2.30. The summed E-state index contributed by atoms with van der Waals surface area (Å²) >= 11 is 5.71. The van der Waals surface area contributed by atoms with E-state index in [1.807, 2.05) is 0 Å². The predicted octanol–water partition coefficient (Wildman–Crippen LogP) is 1.83. The lowest BCUT2D eigenvalue weighted by Gasteiger charge is -2.13. The molecule has 0 spiro atoms. The van der Waals surface area contributed by atoms with Crippen LogP contribution in [0.2, 0.25) is 5.02 Å². The minimum absolute atomic E-state index is 0.00518. The molecule has 0 fully saturated rings. The number of aromatic nitrogens is 1. The number of rotatable bonds is 6. The lowest BCUT2D eigenvalue weighted by atomic mass is 10.2. The minimum atomic E-state index is -3.70. The maximum Gasteiger partial charge on any atom is 0.338 e. The van der Waals surface area contributed by atoms with Gasteiger partial charge in [0.1, 0.15) is 5.82 Å². The number of anilines is 1. The van der Waals surface area contributed by atoms with Crippen LogP contribution in [0.25, 0.3) is 0 Å². The molecule has 1 aromatic heterocycles. The van der Waals surface area contributed by atoms with Crippen molar-refractivity contribution in [2.45, 2.75) is 17.9 Å². The van der Waals surface area contributed by atoms with Gasteiger partial charge in [-0.2, -0.15) is 0 Å². The molecule has 0 saturated carbocycles. The molecule has 0 radical (unpaired) electrons. The van der Waals surface area contributed by atoms with Crippen LogP contribution in [0.5, 0.6) is 0 Å². The van der Waals surface area contributed by atoms with Gasteiger partial charge in [0.15, 0.2) is 6.10 Å². The summed E-state index contributed by atoms with van der Waals surface area (Å²) in [5.74, 6) is -1.17. The van der Waals surface area contributed by atoms with Gasteiger partial charge in [0.2, 0.25) is 10.0 Å². The number of carbonyl (C=O) groups excluding carboxylic acids is 2.